The molecule has 0 atom stereocenters. The van der Waals surface area contributed by atoms with Crippen molar-refractivity contribution in [3.05, 3.63) is 85.5 Å². The molecule has 152 valence electrons. The van der Waals surface area contributed by atoms with E-state index in [1.165, 1.54) is 22.4 Å². The number of thioether (sulfide) groups is 1. The van der Waals surface area contributed by atoms with Crippen LogP contribution in [0.4, 0.5) is 0 Å². The van der Waals surface area contributed by atoms with Gasteiger partial charge >= 0.3 is 0 Å². The predicted octanol–water partition coefficient (Wildman–Crippen LogP) is 6.58. The van der Waals surface area contributed by atoms with Crippen molar-refractivity contribution in [3.8, 4) is 5.69 Å². The van der Waals surface area contributed by atoms with Crippen molar-refractivity contribution in [2.45, 2.75) is 43.5 Å². The molecule has 2 aromatic heterocycles. The highest BCUT2D eigenvalue weighted by Gasteiger charge is 2.23. The predicted molar refractivity (Wildman–Crippen MR) is 128 cm³/mol. The summed E-state index contributed by atoms with van der Waals surface area (Å²) in [7, 11) is 0. The van der Waals surface area contributed by atoms with Crippen LogP contribution in [-0.4, -0.2) is 9.55 Å². The quantitative estimate of drug-likeness (QED) is 0.259. The maximum absolute atomic E-state index is 13.7. The van der Waals surface area contributed by atoms with Crippen LogP contribution in [0.5, 0.6) is 0 Å². The van der Waals surface area contributed by atoms with E-state index in [-0.39, 0.29) is 5.56 Å². The number of halogens is 1. The first-order valence-corrected chi connectivity index (χ1v) is 12.3. The van der Waals surface area contributed by atoms with Crippen LogP contribution in [-0.2, 0) is 18.6 Å². The summed E-state index contributed by atoms with van der Waals surface area (Å²) in [5.74, 6) is 0.704. The summed E-state index contributed by atoms with van der Waals surface area (Å²) in [6, 6.07) is 15.9. The molecule has 6 heteroatoms. The van der Waals surface area contributed by atoms with Crippen molar-refractivity contribution in [1.29, 1.82) is 0 Å². The lowest BCUT2D eigenvalue weighted by Crippen LogP contribution is -2.22. The topological polar surface area (TPSA) is 34.9 Å². The van der Waals surface area contributed by atoms with Crippen molar-refractivity contribution in [2.75, 3.05) is 0 Å². The van der Waals surface area contributed by atoms with Crippen LogP contribution in [0.2, 0.25) is 5.02 Å². The molecule has 0 N–H and O–H groups in total. The average Bonchev–Trinajstić information content (AvgIpc) is 3.12. The van der Waals surface area contributed by atoms with Gasteiger partial charge in [-0.15, -0.1) is 11.3 Å². The maximum atomic E-state index is 13.7. The van der Waals surface area contributed by atoms with Crippen molar-refractivity contribution in [3.63, 3.8) is 0 Å². The van der Waals surface area contributed by atoms with Gasteiger partial charge in [0.15, 0.2) is 5.16 Å². The summed E-state index contributed by atoms with van der Waals surface area (Å²) in [5.41, 5.74) is 4.43. The SMILES string of the molecule is Cc1ccc(-n2c(SCc3cccc(Cl)c3)nc3sc4c(c3c2=O)CCCC4)cc1. The molecule has 0 saturated heterocycles. The number of aryl methyl sites for hydroxylation is 3. The van der Waals surface area contributed by atoms with E-state index in [2.05, 4.69) is 13.0 Å². The van der Waals surface area contributed by atoms with Gasteiger partial charge in [0, 0.05) is 15.7 Å². The van der Waals surface area contributed by atoms with Crippen molar-refractivity contribution in [2.24, 2.45) is 0 Å². The third kappa shape index (κ3) is 3.70. The van der Waals surface area contributed by atoms with Gasteiger partial charge in [-0.2, -0.15) is 0 Å². The minimum atomic E-state index is 0.0526. The van der Waals surface area contributed by atoms with Crippen LogP contribution in [0.1, 0.15) is 34.4 Å². The second-order valence-corrected chi connectivity index (χ2v) is 10.1. The minimum Gasteiger partial charge on any atom is -0.268 e. The first-order chi connectivity index (χ1) is 14.6. The molecule has 0 bridgehead atoms. The number of hydrogen-bond acceptors (Lipinski definition) is 4. The highest BCUT2D eigenvalue weighted by atomic mass is 35.5. The Balaban J connectivity index is 1.66. The summed E-state index contributed by atoms with van der Waals surface area (Å²) in [6.45, 7) is 2.05. The molecule has 30 heavy (non-hydrogen) atoms. The first-order valence-electron chi connectivity index (χ1n) is 10.1. The Hall–Kier alpha value is -2.08. The van der Waals surface area contributed by atoms with E-state index in [1.54, 1.807) is 27.7 Å². The summed E-state index contributed by atoms with van der Waals surface area (Å²) in [5, 5.41) is 2.27. The monoisotopic (exact) mass is 452 g/mol. The largest absolute Gasteiger partial charge is 0.268 e. The summed E-state index contributed by atoms with van der Waals surface area (Å²) in [4.78, 5) is 20.9. The minimum absolute atomic E-state index is 0.0526. The van der Waals surface area contributed by atoms with Gasteiger partial charge in [0.05, 0.1) is 11.1 Å². The zero-order valence-electron chi connectivity index (χ0n) is 16.7. The zero-order chi connectivity index (χ0) is 20.7. The highest BCUT2D eigenvalue weighted by Crippen LogP contribution is 2.35. The number of aromatic nitrogens is 2. The molecular formula is C24H21ClN2OS2. The van der Waals surface area contributed by atoms with E-state index >= 15 is 0 Å². The molecule has 4 aromatic rings. The second kappa shape index (κ2) is 8.22. The Bertz CT molecular complexity index is 1290. The molecule has 0 spiro atoms. The van der Waals surface area contributed by atoms with Crippen molar-refractivity contribution < 1.29 is 0 Å². The third-order valence-corrected chi connectivity index (χ3v) is 7.94. The van der Waals surface area contributed by atoms with Gasteiger partial charge in [-0.3, -0.25) is 9.36 Å². The number of hydrogen-bond donors (Lipinski definition) is 0. The second-order valence-electron chi connectivity index (χ2n) is 7.68. The Kier molecular flexibility index (Phi) is 5.44. The molecule has 0 fully saturated rings. The van der Waals surface area contributed by atoms with Crippen molar-refractivity contribution in [1.82, 2.24) is 9.55 Å². The summed E-state index contributed by atoms with van der Waals surface area (Å²) >= 11 is 9.43. The standard InChI is InChI=1S/C24H21ClN2OS2/c1-15-9-11-18(12-10-15)27-23(28)21-19-7-2-3-8-20(19)30-22(21)26-24(27)29-14-16-5-4-6-17(25)13-16/h4-6,9-13H,2-3,7-8,14H2,1H3. The molecule has 0 amide bonds. The van der Waals surface area contributed by atoms with Gasteiger partial charge < -0.3 is 0 Å². The maximum Gasteiger partial charge on any atom is 0.267 e. The van der Waals surface area contributed by atoms with Gasteiger partial charge in [0.1, 0.15) is 4.83 Å². The van der Waals surface area contributed by atoms with E-state index in [0.717, 1.165) is 50.9 Å². The molecule has 0 saturated carbocycles. The number of rotatable bonds is 4. The molecule has 0 aliphatic heterocycles. The van der Waals surface area contributed by atoms with Crippen LogP contribution < -0.4 is 5.56 Å². The number of thiophene rings is 1. The molecular weight excluding hydrogens is 432 g/mol. The average molecular weight is 453 g/mol. The van der Waals surface area contributed by atoms with Gasteiger partial charge in [0.2, 0.25) is 0 Å². The molecule has 2 aromatic carbocycles. The lowest BCUT2D eigenvalue weighted by atomic mass is 9.97. The van der Waals surface area contributed by atoms with Crippen LogP contribution in [0.25, 0.3) is 15.9 Å². The van der Waals surface area contributed by atoms with E-state index in [0.29, 0.717) is 5.75 Å². The Morgan fingerprint density at radius 2 is 1.93 bits per heavy atom. The van der Waals surface area contributed by atoms with Crippen LogP contribution in [0.3, 0.4) is 0 Å². The molecule has 0 unspecified atom stereocenters. The van der Waals surface area contributed by atoms with Crippen LogP contribution in [0, 0.1) is 6.92 Å². The lowest BCUT2D eigenvalue weighted by Gasteiger charge is -2.14. The molecule has 5 rings (SSSR count). The van der Waals surface area contributed by atoms with E-state index in [4.69, 9.17) is 16.6 Å². The number of nitrogens with zero attached hydrogens (tertiary/aromatic N) is 2. The van der Waals surface area contributed by atoms with E-state index < -0.39 is 0 Å². The summed E-state index contributed by atoms with van der Waals surface area (Å²) in [6.07, 6.45) is 4.39. The molecule has 0 radical (unpaired) electrons. The number of fused-ring (bicyclic) bond motifs is 3. The lowest BCUT2D eigenvalue weighted by molar-refractivity contribution is 0.699. The zero-order valence-corrected chi connectivity index (χ0v) is 19.0. The molecule has 3 nitrogen and oxygen atoms in total. The summed E-state index contributed by atoms with van der Waals surface area (Å²) < 4.78 is 1.79. The fraction of sp³-hybridized carbons (Fsp3) is 0.250. The fourth-order valence-corrected chi connectivity index (χ4v) is 6.45. The molecule has 2 heterocycles. The van der Waals surface area contributed by atoms with E-state index in [9.17, 15) is 4.79 Å². The smallest absolute Gasteiger partial charge is 0.267 e. The molecule has 1 aliphatic carbocycles. The third-order valence-electron chi connectivity index (χ3n) is 5.51. The Morgan fingerprint density at radius 1 is 1.13 bits per heavy atom. The van der Waals surface area contributed by atoms with Crippen LogP contribution in [0.15, 0.2) is 58.5 Å². The van der Waals surface area contributed by atoms with Gasteiger partial charge in [0.25, 0.3) is 5.56 Å². The number of benzene rings is 2. The molecule has 1 aliphatic rings. The first kappa shape index (κ1) is 19.9. The Morgan fingerprint density at radius 3 is 2.73 bits per heavy atom. The highest BCUT2D eigenvalue weighted by molar-refractivity contribution is 7.98. The van der Waals surface area contributed by atoms with E-state index in [1.807, 2.05) is 42.5 Å². The Labute approximate surface area is 188 Å². The van der Waals surface area contributed by atoms with Crippen molar-refractivity contribution >= 4 is 44.9 Å². The normalized spacial score (nSPS) is 13.5. The van der Waals surface area contributed by atoms with Gasteiger partial charge in [-0.05, 0) is 68.0 Å². The van der Waals surface area contributed by atoms with Gasteiger partial charge in [-0.1, -0.05) is 53.2 Å². The van der Waals surface area contributed by atoms with Crippen LogP contribution >= 0.6 is 34.7 Å². The van der Waals surface area contributed by atoms with Gasteiger partial charge in [-0.25, -0.2) is 4.98 Å². The fourth-order valence-electron chi connectivity index (χ4n) is 3.98.